The van der Waals surface area contributed by atoms with Gasteiger partial charge in [0, 0.05) is 37.5 Å². The van der Waals surface area contributed by atoms with Gasteiger partial charge in [0.05, 0.1) is 13.0 Å². The van der Waals surface area contributed by atoms with Gasteiger partial charge < -0.3 is 9.47 Å². The number of thiophene rings is 1. The molecule has 1 aromatic carbocycles. The second kappa shape index (κ2) is 10.8. The lowest BCUT2D eigenvalue weighted by Crippen LogP contribution is -2.36. The molecule has 188 valence electrons. The second-order valence-electron chi connectivity index (χ2n) is 9.06. The fourth-order valence-electron chi connectivity index (χ4n) is 3.72. The summed E-state index contributed by atoms with van der Waals surface area (Å²) in [5.41, 5.74) is 1.87. The largest absolute Gasteiger partial charge is 0.493 e. The molecule has 1 unspecified atom stereocenters. The molecule has 0 bridgehead atoms. The maximum Gasteiger partial charge on any atom is 0.389 e. The highest BCUT2D eigenvalue weighted by Gasteiger charge is 2.41. The molecule has 8 heteroatoms. The van der Waals surface area contributed by atoms with Gasteiger partial charge in [0.1, 0.15) is 12.4 Å². The van der Waals surface area contributed by atoms with Crippen molar-refractivity contribution in [2.75, 3.05) is 13.2 Å². The lowest BCUT2D eigenvalue weighted by atomic mass is 9.88. The molecule has 0 N–H and O–H groups in total. The zero-order valence-electron chi connectivity index (χ0n) is 20.4. The summed E-state index contributed by atoms with van der Waals surface area (Å²) in [5, 5.41) is 1.02. The van der Waals surface area contributed by atoms with Crippen LogP contribution >= 0.6 is 11.3 Å². The van der Waals surface area contributed by atoms with Crippen LogP contribution in [0.5, 0.6) is 5.75 Å². The number of carbonyl (C=O) groups is 1. The lowest BCUT2D eigenvalue weighted by Gasteiger charge is -2.30. The normalized spacial score (nSPS) is 13.5. The molecule has 0 spiro atoms. The van der Waals surface area contributed by atoms with E-state index in [1.54, 1.807) is 17.4 Å². The van der Waals surface area contributed by atoms with Crippen molar-refractivity contribution in [1.29, 1.82) is 0 Å². The number of halogens is 3. The summed E-state index contributed by atoms with van der Waals surface area (Å²) in [6.07, 6.45) is -3.88. The van der Waals surface area contributed by atoms with E-state index in [0.717, 1.165) is 44.8 Å². The SMILES string of the molecule is C=C(C)C(=O)OCC(C)(COc1ccc2cc(-c3ccc(CC)nc3CC)sc2c1)CC(F)(F)F. The monoisotopic (exact) mass is 505 g/mol. The van der Waals surface area contributed by atoms with Crippen LogP contribution in [-0.2, 0) is 22.4 Å². The standard InChI is InChI=1S/C27H30F3NO3S/c1-6-19-9-11-21(22(7-2)31-19)24-12-18-8-10-20(13-23(18)35-24)33-15-26(5,14-27(28,29)30)16-34-25(32)17(3)4/h8-13H,3,6-7,14-16H2,1-2,4-5H3. The van der Waals surface area contributed by atoms with E-state index in [-0.39, 0.29) is 12.2 Å². The van der Waals surface area contributed by atoms with E-state index in [4.69, 9.17) is 14.5 Å². The van der Waals surface area contributed by atoms with Crippen LogP contribution in [0.1, 0.15) is 45.5 Å². The molecule has 1 atom stereocenters. The summed E-state index contributed by atoms with van der Waals surface area (Å²) in [7, 11) is 0. The summed E-state index contributed by atoms with van der Waals surface area (Å²) in [6, 6.07) is 11.7. The number of pyridine rings is 1. The number of fused-ring (bicyclic) bond motifs is 1. The van der Waals surface area contributed by atoms with Crippen LogP contribution in [-0.4, -0.2) is 30.3 Å². The third kappa shape index (κ3) is 7.07. The second-order valence-corrected chi connectivity index (χ2v) is 10.1. The van der Waals surface area contributed by atoms with Gasteiger partial charge in [-0.25, -0.2) is 4.79 Å². The van der Waals surface area contributed by atoms with Crippen molar-refractivity contribution in [2.24, 2.45) is 5.41 Å². The van der Waals surface area contributed by atoms with E-state index in [2.05, 4.69) is 32.6 Å². The summed E-state index contributed by atoms with van der Waals surface area (Å²) in [4.78, 5) is 17.6. The fourth-order valence-corrected chi connectivity index (χ4v) is 4.86. The van der Waals surface area contributed by atoms with Gasteiger partial charge in [-0.3, -0.25) is 4.98 Å². The van der Waals surface area contributed by atoms with Crippen molar-refractivity contribution in [3.63, 3.8) is 0 Å². The Kier molecular flexibility index (Phi) is 8.26. The highest BCUT2D eigenvalue weighted by atomic mass is 32.1. The molecule has 0 aliphatic rings. The van der Waals surface area contributed by atoms with E-state index in [9.17, 15) is 18.0 Å². The molecule has 2 aromatic heterocycles. The van der Waals surface area contributed by atoms with Crippen LogP contribution in [0, 0.1) is 5.41 Å². The molecule has 0 aliphatic heterocycles. The number of nitrogens with zero attached hydrogens (tertiary/aromatic N) is 1. The molecule has 2 heterocycles. The topological polar surface area (TPSA) is 48.4 Å². The first-order valence-corrected chi connectivity index (χ1v) is 12.3. The van der Waals surface area contributed by atoms with Gasteiger partial charge in [0.2, 0.25) is 0 Å². The predicted octanol–water partition coefficient (Wildman–Crippen LogP) is 7.54. The Morgan fingerprint density at radius 1 is 1.09 bits per heavy atom. The van der Waals surface area contributed by atoms with Crippen molar-refractivity contribution in [2.45, 2.75) is 53.1 Å². The number of aryl methyl sites for hydroxylation is 2. The summed E-state index contributed by atoms with van der Waals surface area (Å²) >= 11 is 1.59. The number of alkyl halides is 3. The summed E-state index contributed by atoms with van der Waals surface area (Å²) < 4.78 is 51.5. The number of hydrogen-bond acceptors (Lipinski definition) is 5. The van der Waals surface area contributed by atoms with Crippen molar-refractivity contribution in [3.05, 3.63) is 59.9 Å². The number of carbonyl (C=O) groups excluding carboxylic acids is 1. The molecular weight excluding hydrogens is 475 g/mol. The van der Waals surface area contributed by atoms with Gasteiger partial charge in [-0.1, -0.05) is 27.4 Å². The first-order chi connectivity index (χ1) is 16.4. The van der Waals surface area contributed by atoms with E-state index < -0.39 is 30.6 Å². The summed E-state index contributed by atoms with van der Waals surface area (Å²) in [5.74, 6) is -0.264. The minimum Gasteiger partial charge on any atom is -0.493 e. The van der Waals surface area contributed by atoms with Crippen LogP contribution in [0.2, 0.25) is 0 Å². The molecule has 3 rings (SSSR count). The molecular formula is C27H30F3NO3S. The van der Waals surface area contributed by atoms with Crippen molar-refractivity contribution < 1.29 is 27.4 Å². The van der Waals surface area contributed by atoms with Crippen molar-refractivity contribution in [3.8, 4) is 16.2 Å². The van der Waals surface area contributed by atoms with E-state index in [0.29, 0.717) is 5.75 Å². The van der Waals surface area contributed by atoms with Gasteiger partial charge in [-0.05, 0) is 61.5 Å². The van der Waals surface area contributed by atoms with Gasteiger partial charge in [0.15, 0.2) is 0 Å². The highest BCUT2D eigenvalue weighted by Crippen LogP contribution is 2.38. The fraction of sp³-hybridized carbons (Fsp3) is 0.407. The van der Waals surface area contributed by atoms with Crippen LogP contribution in [0.15, 0.2) is 48.6 Å². The van der Waals surface area contributed by atoms with Crippen molar-refractivity contribution in [1.82, 2.24) is 4.98 Å². The molecule has 3 aromatic rings. The number of aromatic nitrogens is 1. The van der Waals surface area contributed by atoms with E-state index in [1.165, 1.54) is 13.8 Å². The van der Waals surface area contributed by atoms with E-state index in [1.807, 2.05) is 18.2 Å². The third-order valence-electron chi connectivity index (χ3n) is 5.60. The average Bonchev–Trinajstić information content (AvgIpc) is 3.22. The number of ether oxygens (including phenoxy) is 2. The Bertz CT molecular complexity index is 1220. The number of hydrogen-bond donors (Lipinski definition) is 0. The Hall–Kier alpha value is -2.87. The molecule has 0 aliphatic carbocycles. The molecule has 35 heavy (non-hydrogen) atoms. The van der Waals surface area contributed by atoms with Crippen LogP contribution in [0.3, 0.4) is 0 Å². The maximum atomic E-state index is 13.2. The Morgan fingerprint density at radius 3 is 2.46 bits per heavy atom. The van der Waals surface area contributed by atoms with Gasteiger partial charge >= 0.3 is 12.1 Å². The Morgan fingerprint density at radius 2 is 1.83 bits per heavy atom. The Balaban J connectivity index is 1.80. The quantitative estimate of drug-likeness (QED) is 0.211. The van der Waals surface area contributed by atoms with Crippen LogP contribution in [0.4, 0.5) is 13.2 Å². The number of rotatable bonds is 10. The number of esters is 1. The molecule has 0 fully saturated rings. The molecule has 0 saturated heterocycles. The first-order valence-electron chi connectivity index (χ1n) is 11.5. The van der Waals surface area contributed by atoms with Gasteiger partial charge in [-0.15, -0.1) is 11.3 Å². The maximum absolute atomic E-state index is 13.2. The minimum atomic E-state index is -4.43. The molecule has 0 radical (unpaired) electrons. The van der Waals surface area contributed by atoms with Crippen LogP contribution in [0.25, 0.3) is 20.5 Å². The lowest BCUT2D eigenvalue weighted by molar-refractivity contribution is -0.173. The third-order valence-corrected chi connectivity index (χ3v) is 6.73. The molecule has 4 nitrogen and oxygen atoms in total. The van der Waals surface area contributed by atoms with E-state index >= 15 is 0 Å². The molecule has 0 amide bonds. The average molecular weight is 506 g/mol. The minimum absolute atomic E-state index is 0.130. The van der Waals surface area contributed by atoms with Gasteiger partial charge in [0.25, 0.3) is 0 Å². The smallest absolute Gasteiger partial charge is 0.389 e. The highest BCUT2D eigenvalue weighted by molar-refractivity contribution is 7.22. The summed E-state index contributed by atoms with van der Waals surface area (Å²) in [6.45, 7) is 9.78. The first kappa shape index (κ1) is 26.7. The zero-order chi connectivity index (χ0) is 25.8. The predicted molar refractivity (Wildman–Crippen MR) is 134 cm³/mol. The van der Waals surface area contributed by atoms with Crippen LogP contribution < -0.4 is 4.74 Å². The number of benzene rings is 1. The van der Waals surface area contributed by atoms with Gasteiger partial charge in [-0.2, -0.15) is 13.2 Å². The zero-order valence-corrected chi connectivity index (χ0v) is 21.2. The van der Waals surface area contributed by atoms with Crippen molar-refractivity contribution >= 4 is 27.4 Å². The molecule has 0 saturated carbocycles. The Labute approximate surface area is 207 Å².